The summed E-state index contributed by atoms with van der Waals surface area (Å²) < 4.78 is 20.8. The molecule has 0 aromatic heterocycles. The first-order valence-corrected chi connectivity index (χ1v) is 9.67. The number of anilines is 1. The van der Waals surface area contributed by atoms with Crippen LogP contribution in [-0.2, 0) is 20.8 Å². The normalized spacial score (nSPS) is 14.1. The highest BCUT2D eigenvalue weighted by Gasteiger charge is 2.14. The molecule has 1 aliphatic heterocycles. The van der Waals surface area contributed by atoms with E-state index < -0.39 is 11.9 Å². The van der Waals surface area contributed by atoms with Gasteiger partial charge in [0.1, 0.15) is 0 Å². The van der Waals surface area contributed by atoms with Gasteiger partial charge in [-0.25, -0.2) is 4.79 Å². The van der Waals surface area contributed by atoms with Crippen LogP contribution >= 0.6 is 0 Å². The van der Waals surface area contributed by atoms with Crippen LogP contribution in [-0.4, -0.2) is 63.9 Å². The monoisotopic (exact) mass is 414 g/mol. The van der Waals surface area contributed by atoms with Crippen LogP contribution in [0, 0.1) is 0 Å². The molecule has 1 heterocycles. The number of hydrogen-bond donors (Lipinski definition) is 1. The van der Waals surface area contributed by atoms with Crippen molar-refractivity contribution in [2.24, 2.45) is 0 Å². The zero-order valence-corrected chi connectivity index (χ0v) is 17.2. The third-order valence-corrected chi connectivity index (χ3v) is 4.70. The van der Waals surface area contributed by atoms with Gasteiger partial charge in [0, 0.05) is 25.3 Å². The average Bonchev–Trinajstić information content (AvgIpc) is 2.79. The first-order chi connectivity index (χ1) is 14.6. The van der Waals surface area contributed by atoms with Gasteiger partial charge in [0.05, 0.1) is 33.0 Å². The summed E-state index contributed by atoms with van der Waals surface area (Å²) in [5.41, 5.74) is 2.08. The summed E-state index contributed by atoms with van der Waals surface area (Å²) in [5.74, 6) is -0.117. The van der Waals surface area contributed by atoms with Crippen LogP contribution in [0.4, 0.5) is 5.69 Å². The van der Waals surface area contributed by atoms with Crippen LogP contribution in [0.2, 0.25) is 0 Å². The average molecular weight is 414 g/mol. The fourth-order valence-electron chi connectivity index (χ4n) is 3.09. The number of rotatable bonds is 8. The fraction of sp³-hybridized carbons (Fsp3) is 0.364. The summed E-state index contributed by atoms with van der Waals surface area (Å²) in [7, 11) is 2.99. The van der Waals surface area contributed by atoms with Crippen molar-refractivity contribution in [3.8, 4) is 11.5 Å². The number of ether oxygens (including phenoxy) is 4. The lowest BCUT2D eigenvalue weighted by atomic mass is 10.2. The van der Waals surface area contributed by atoms with Crippen molar-refractivity contribution in [3.63, 3.8) is 0 Å². The summed E-state index contributed by atoms with van der Waals surface area (Å²) in [4.78, 5) is 26.6. The van der Waals surface area contributed by atoms with Crippen LogP contribution in [0.1, 0.15) is 15.9 Å². The van der Waals surface area contributed by atoms with Crippen LogP contribution in [0.25, 0.3) is 0 Å². The minimum Gasteiger partial charge on any atom is -0.493 e. The molecule has 160 valence electrons. The number of nitrogens with one attached hydrogen (secondary N) is 1. The predicted octanol–water partition coefficient (Wildman–Crippen LogP) is 2.33. The van der Waals surface area contributed by atoms with Gasteiger partial charge in [0.2, 0.25) is 0 Å². The third kappa shape index (κ3) is 5.95. The van der Waals surface area contributed by atoms with E-state index in [9.17, 15) is 9.59 Å². The Balaban J connectivity index is 1.47. The van der Waals surface area contributed by atoms with E-state index in [4.69, 9.17) is 18.9 Å². The van der Waals surface area contributed by atoms with Crippen LogP contribution in [0.15, 0.2) is 42.5 Å². The Morgan fingerprint density at radius 2 is 1.70 bits per heavy atom. The molecule has 1 N–H and O–H groups in total. The molecule has 2 aromatic carbocycles. The number of morpholine rings is 1. The number of benzene rings is 2. The SMILES string of the molecule is COc1ccc(C(=O)OCC(=O)Nc2ccc(CN3CCOCC3)cc2)cc1OC. The van der Waals surface area contributed by atoms with E-state index in [1.807, 2.05) is 24.3 Å². The van der Waals surface area contributed by atoms with Crippen molar-refractivity contribution >= 4 is 17.6 Å². The smallest absolute Gasteiger partial charge is 0.338 e. The number of carbonyl (C=O) groups excluding carboxylic acids is 2. The number of methoxy groups -OCH3 is 2. The summed E-state index contributed by atoms with van der Waals surface area (Å²) in [6.07, 6.45) is 0. The Kier molecular flexibility index (Phi) is 7.64. The highest BCUT2D eigenvalue weighted by atomic mass is 16.5. The Labute approximate surface area is 175 Å². The summed E-state index contributed by atoms with van der Waals surface area (Å²) in [5, 5.41) is 2.73. The maximum atomic E-state index is 12.2. The van der Waals surface area contributed by atoms with Crippen LogP contribution < -0.4 is 14.8 Å². The molecule has 3 rings (SSSR count). The molecular formula is C22H26N2O6. The minimum absolute atomic E-state index is 0.271. The van der Waals surface area contributed by atoms with Crippen molar-refractivity contribution in [1.82, 2.24) is 4.90 Å². The number of nitrogens with zero attached hydrogens (tertiary/aromatic N) is 1. The minimum atomic E-state index is -0.619. The van der Waals surface area contributed by atoms with Gasteiger partial charge in [-0.15, -0.1) is 0 Å². The van der Waals surface area contributed by atoms with Crippen molar-refractivity contribution in [2.45, 2.75) is 6.54 Å². The van der Waals surface area contributed by atoms with Gasteiger partial charge in [-0.1, -0.05) is 12.1 Å². The van der Waals surface area contributed by atoms with Crippen molar-refractivity contribution in [3.05, 3.63) is 53.6 Å². The van der Waals surface area contributed by atoms with Crippen molar-refractivity contribution in [1.29, 1.82) is 0 Å². The summed E-state index contributed by atoms with van der Waals surface area (Å²) in [6, 6.07) is 12.3. The second kappa shape index (κ2) is 10.6. The van der Waals surface area contributed by atoms with Crippen LogP contribution in [0.3, 0.4) is 0 Å². The van der Waals surface area contributed by atoms with E-state index in [0.717, 1.165) is 38.4 Å². The molecule has 0 radical (unpaired) electrons. The lowest BCUT2D eigenvalue weighted by molar-refractivity contribution is -0.119. The highest BCUT2D eigenvalue weighted by molar-refractivity contribution is 5.95. The Hall–Kier alpha value is -3.10. The molecule has 30 heavy (non-hydrogen) atoms. The van der Waals surface area contributed by atoms with Gasteiger partial charge in [-0.3, -0.25) is 9.69 Å². The first kappa shape index (κ1) is 21.6. The number of carbonyl (C=O) groups is 2. The van der Waals surface area contributed by atoms with Gasteiger partial charge in [0.25, 0.3) is 5.91 Å². The van der Waals surface area contributed by atoms with Gasteiger partial charge in [-0.05, 0) is 35.9 Å². The van der Waals surface area contributed by atoms with Gasteiger partial charge < -0.3 is 24.3 Å². The molecule has 8 nitrogen and oxygen atoms in total. The van der Waals surface area contributed by atoms with E-state index in [2.05, 4.69) is 10.2 Å². The Morgan fingerprint density at radius 3 is 2.37 bits per heavy atom. The van der Waals surface area contributed by atoms with E-state index >= 15 is 0 Å². The Bertz CT molecular complexity index is 862. The molecule has 2 aromatic rings. The van der Waals surface area contributed by atoms with Gasteiger partial charge in [-0.2, -0.15) is 0 Å². The second-order valence-corrected chi connectivity index (χ2v) is 6.78. The zero-order chi connectivity index (χ0) is 21.3. The summed E-state index contributed by atoms with van der Waals surface area (Å²) >= 11 is 0. The molecule has 1 amide bonds. The van der Waals surface area contributed by atoms with E-state index in [1.165, 1.54) is 20.3 Å². The maximum absolute atomic E-state index is 12.2. The van der Waals surface area contributed by atoms with Crippen molar-refractivity contribution < 1.29 is 28.5 Å². The molecule has 0 bridgehead atoms. The second-order valence-electron chi connectivity index (χ2n) is 6.78. The maximum Gasteiger partial charge on any atom is 0.338 e. The van der Waals surface area contributed by atoms with Gasteiger partial charge in [0.15, 0.2) is 18.1 Å². The topological polar surface area (TPSA) is 86.3 Å². The molecule has 0 aliphatic carbocycles. The lowest BCUT2D eigenvalue weighted by Gasteiger charge is -2.26. The van der Waals surface area contributed by atoms with Gasteiger partial charge >= 0.3 is 5.97 Å². The summed E-state index contributed by atoms with van der Waals surface area (Å²) in [6.45, 7) is 3.82. The molecule has 1 aliphatic rings. The molecular weight excluding hydrogens is 388 g/mol. The molecule has 0 saturated carbocycles. The fourth-order valence-corrected chi connectivity index (χ4v) is 3.09. The highest BCUT2D eigenvalue weighted by Crippen LogP contribution is 2.27. The number of hydrogen-bond acceptors (Lipinski definition) is 7. The Morgan fingerprint density at radius 1 is 1.00 bits per heavy atom. The quantitative estimate of drug-likeness (QED) is 0.664. The first-order valence-electron chi connectivity index (χ1n) is 9.67. The largest absolute Gasteiger partial charge is 0.493 e. The standard InChI is InChI=1S/C22H26N2O6/c1-27-19-8-5-17(13-20(19)28-2)22(26)30-15-21(25)23-18-6-3-16(4-7-18)14-24-9-11-29-12-10-24/h3-8,13H,9-12,14-15H2,1-2H3,(H,23,25). The number of esters is 1. The van der Waals surface area contributed by atoms with E-state index in [1.54, 1.807) is 12.1 Å². The van der Waals surface area contributed by atoms with E-state index in [-0.39, 0.29) is 12.2 Å². The molecule has 8 heteroatoms. The zero-order valence-electron chi connectivity index (χ0n) is 17.2. The molecule has 0 spiro atoms. The predicted molar refractivity (Wildman–Crippen MR) is 111 cm³/mol. The molecule has 0 unspecified atom stereocenters. The van der Waals surface area contributed by atoms with Crippen LogP contribution in [0.5, 0.6) is 11.5 Å². The molecule has 0 atom stereocenters. The van der Waals surface area contributed by atoms with E-state index in [0.29, 0.717) is 17.2 Å². The molecule has 1 fully saturated rings. The number of amides is 1. The lowest BCUT2D eigenvalue weighted by Crippen LogP contribution is -2.35. The third-order valence-electron chi connectivity index (χ3n) is 4.70. The van der Waals surface area contributed by atoms with Crippen molar-refractivity contribution in [2.75, 3.05) is 52.4 Å². The molecule has 1 saturated heterocycles.